The van der Waals surface area contributed by atoms with Crippen LogP contribution in [0.25, 0.3) is 11.9 Å². The van der Waals surface area contributed by atoms with Crippen LogP contribution in [0.2, 0.25) is 0 Å². The second-order valence-corrected chi connectivity index (χ2v) is 2.26. The standard InChI is InChI=1S/C7H6N6/c1-2-6-3-9-7(4-8-6)13-5-10-11-12-13/h2-5H,1H2. The molecule has 0 N–H and O–H groups in total. The third-order valence-corrected chi connectivity index (χ3v) is 1.45. The van der Waals surface area contributed by atoms with Crippen LogP contribution in [0.15, 0.2) is 25.3 Å². The maximum Gasteiger partial charge on any atom is 0.175 e. The molecule has 13 heavy (non-hydrogen) atoms. The Labute approximate surface area is 74.0 Å². The van der Waals surface area contributed by atoms with Gasteiger partial charge in [0.25, 0.3) is 0 Å². The predicted octanol–water partition coefficient (Wildman–Crippen LogP) is 0.0953. The average Bonchev–Trinajstić information content (AvgIpc) is 2.71. The molecule has 0 aromatic carbocycles. The van der Waals surface area contributed by atoms with Crippen molar-refractivity contribution in [1.82, 2.24) is 30.2 Å². The van der Waals surface area contributed by atoms with Gasteiger partial charge in [-0.3, -0.25) is 4.98 Å². The summed E-state index contributed by atoms with van der Waals surface area (Å²) in [6.07, 6.45) is 6.26. The van der Waals surface area contributed by atoms with Crippen molar-refractivity contribution in [2.24, 2.45) is 0 Å². The summed E-state index contributed by atoms with van der Waals surface area (Å²) in [4.78, 5) is 8.13. The molecule has 2 aromatic rings. The Kier molecular flexibility index (Phi) is 1.79. The molecule has 0 atom stereocenters. The first-order valence-corrected chi connectivity index (χ1v) is 3.58. The average molecular weight is 174 g/mol. The normalized spacial score (nSPS) is 9.85. The molecule has 0 aliphatic rings. The molecule has 6 nitrogen and oxygen atoms in total. The maximum absolute atomic E-state index is 4.08. The van der Waals surface area contributed by atoms with Crippen LogP contribution in [0.4, 0.5) is 0 Å². The van der Waals surface area contributed by atoms with E-state index in [-0.39, 0.29) is 0 Å². The second kappa shape index (κ2) is 3.10. The Balaban J connectivity index is 2.38. The molecule has 2 heterocycles. The van der Waals surface area contributed by atoms with E-state index >= 15 is 0 Å². The molecule has 2 aromatic heterocycles. The van der Waals surface area contributed by atoms with E-state index in [2.05, 4.69) is 32.1 Å². The van der Waals surface area contributed by atoms with E-state index in [0.717, 1.165) is 5.69 Å². The van der Waals surface area contributed by atoms with Gasteiger partial charge in [0.15, 0.2) is 5.82 Å². The van der Waals surface area contributed by atoms with E-state index < -0.39 is 0 Å². The zero-order valence-electron chi connectivity index (χ0n) is 6.70. The molecule has 0 spiro atoms. The van der Waals surface area contributed by atoms with E-state index in [9.17, 15) is 0 Å². The number of nitrogens with zero attached hydrogens (tertiary/aromatic N) is 6. The van der Waals surface area contributed by atoms with Crippen molar-refractivity contribution in [2.75, 3.05) is 0 Å². The Bertz CT molecular complexity index is 389. The lowest BCUT2D eigenvalue weighted by molar-refractivity contribution is 0.766. The largest absolute Gasteiger partial charge is 0.251 e. The Hall–Kier alpha value is -2.11. The molecular formula is C7H6N6. The van der Waals surface area contributed by atoms with Gasteiger partial charge in [0.05, 0.1) is 18.1 Å². The lowest BCUT2D eigenvalue weighted by Crippen LogP contribution is -1.99. The van der Waals surface area contributed by atoms with Crippen molar-refractivity contribution in [3.05, 3.63) is 31.0 Å². The van der Waals surface area contributed by atoms with Crippen molar-refractivity contribution in [3.63, 3.8) is 0 Å². The lowest BCUT2D eigenvalue weighted by Gasteiger charge is -1.96. The molecule has 0 amide bonds. The first kappa shape index (κ1) is 7.53. The Morgan fingerprint density at radius 3 is 2.77 bits per heavy atom. The van der Waals surface area contributed by atoms with Crippen LogP contribution in [-0.2, 0) is 0 Å². The van der Waals surface area contributed by atoms with Crippen molar-refractivity contribution in [3.8, 4) is 5.82 Å². The zero-order chi connectivity index (χ0) is 9.10. The summed E-state index contributed by atoms with van der Waals surface area (Å²) < 4.78 is 1.43. The predicted molar refractivity (Wildman–Crippen MR) is 44.8 cm³/mol. The number of hydrogen-bond acceptors (Lipinski definition) is 5. The topological polar surface area (TPSA) is 69.4 Å². The minimum absolute atomic E-state index is 0.579. The van der Waals surface area contributed by atoms with E-state index in [0.29, 0.717) is 5.82 Å². The molecule has 0 radical (unpaired) electrons. The molecule has 6 heteroatoms. The van der Waals surface area contributed by atoms with Gasteiger partial charge in [-0.2, -0.15) is 4.68 Å². The zero-order valence-corrected chi connectivity index (χ0v) is 6.70. The molecule has 0 aliphatic carbocycles. The van der Waals surface area contributed by atoms with E-state index in [4.69, 9.17) is 0 Å². The molecule has 0 bridgehead atoms. The van der Waals surface area contributed by atoms with E-state index in [1.54, 1.807) is 18.5 Å². The number of tetrazole rings is 1. The van der Waals surface area contributed by atoms with Crippen LogP contribution in [0.5, 0.6) is 0 Å². The maximum atomic E-state index is 4.08. The van der Waals surface area contributed by atoms with Crippen molar-refractivity contribution in [1.29, 1.82) is 0 Å². The van der Waals surface area contributed by atoms with Crippen LogP contribution in [0, 0.1) is 0 Å². The van der Waals surface area contributed by atoms with Crippen LogP contribution >= 0.6 is 0 Å². The fourth-order valence-electron chi connectivity index (χ4n) is 0.821. The first-order chi connectivity index (χ1) is 6.40. The summed E-state index contributed by atoms with van der Waals surface area (Å²) in [6, 6.07) is 0. The van der Waals surface area contributed by atoms with E-state index in [1.807, 2.05) is 0 Å². The molecule has 64 valence electrons. The highest BCUT2D eigenvalue weighted by Crippen LogP contribution is 1.99. The molecule has 0 saturated carbocycles. The van der Waals surface area contributed by atoms with Crippen LogP contribution < -0.4 is 0 Å². The smallest absolute Gasteiger partial charge is 0.175 e. The minimum atomic E-state index is 0.579. The molecule has 0 saturated heterocycles. The number of rotatable bonds is 2. The number of hydrogen-bond donors (Lipinski definition) is 0. The highest BCUT2D eigenvalue weighted by atomic mass is 15.5. The SMILES string of the molecule is C=Cc1cnc(-n2cnnn2)cn1. The third-order valence-electron chi connectivity index (χ3n) is 1.45. The summed E-state index contributed by atoms with van der Waals surface area (Å²) in [7, 11) is 0. The minimum Gasteiger partial charge on any atom is -0.251 e. The van der Waals surface area contributed by atoms with Gasteiger partial charge in [-0.05, 0) is 16.5 Å². The van der Waals surface area contributed by atoms with Gasteiger partial charge in [-0.15, -0.1) is 5.10 Å². The van der Waals surface area contributed by atoms with Gasteiger partial charge >= 0.3 is 0 Å². The highest BCUT2D eigenvalue weighted by Gasteiger charge is 1.98. The fraction of sp³-hybridized carbons (Fsp3) is 0. The summed E-state index contributed by atoms with van der Waals surface area (Å²) in [5.41, 5.74) is 0.719. The van der Waals surface area contributed by atoms with Gasteiger partial charge in [-0.1, -0.05) is 6.58 Å². The van der Waals surface area contributed by atoms with Crippen molar-refractivity contribution >= 4 is 6.08 Å². The molecule has 2 rings (SSSR count). The van der Waals surface area contributed by atoms with Gasteiger partial charge in [-0.25, -0.2) is 4.98 Å². The Morgan fingerprint density at radius 1 is 1.31 bits per heavy atom. The Morgan fingerprint density at radius 2 is 2.23 bits per heavy atom. The second-order valence-electron chi connectivity index (χ2n) is 2.26. The van der Waals surface area contributed by atoms with Gasteiger partial charge in [0.1, 0.15) is 6.33 Å². The van der Waals surface area contributed by atoms with Crippen LogP contribution in [0.3, 0.4) is 0 Å². The summed E-state index contributed by atoms with van der Waals surface area (Å²) in [6.45, 7) is 3.57. The molecule has 0 fully saturated rings. The van der Waals surface area contributed by atoms with Crippen molar-refractivity contribution < 1.29 is 0 Å². The monoisotopic (exact) mass is 174 g/mol. The van der Waals surface area contributed by atoms with Gasteiger partial charge in [0, 0.05) is 0 Å². The van der Waals surface area contributed by atoms with E-state index in [1.165, 1.54) is 11.0 Å². The summed E-state index contributed by atoms with van der Waals surface area (Å²) in [5.74, 6) is 0.579. The van der Waals surface area contributed by atoms with Gasteiger partial charge < -0.3 is 0 Å². The van der Waals surface area contributed by atoms with Crippen LogP contribution in [0.1, 0.15) is 5.69 Å². The summed E-state index contributed by atoms with van der Waals surface area (Å²) in [5, 5.41) is 10.6. The summed E-state index contributed by atoms with van der Waals surface area (Å²) >= 11 is 0. The first-order valence-electron chi connectivity index (χ1n) is 3.58. The number of aromatic nitrogens is 6. The fourth-order valence-corrected chi connectivity index (χ4v) is 0.821. The third kappa shape index (κ3) is 1.41. The van der Waals surface area contributed by atoms with Crippen molar-refractivity contribution in [2.45, 2.75) is 0 Å². The lowest BCUT2D eigenvalue weighted by atomic mass is 10.4. The molecule has 0 unspecified atom stereocenters. The molecule has 0 aliphatic heterocycles. The van der Waals surface area contributed by atoms with Gasteiger partial charge in [0.2, 0.25) is 0 Å². The quantitative estimate of drug-likeness (QED) is 0.645. The molecular weight excluding hydrogens is 168 g/mol. The highest BCUT2D eigenvalue weighted by molar-refractivity contribution is 5.40. The van der Waals surface area contributed by atoms with Crippen LogP contribution in [-0.4, -0.2) is 30.2 Å².